The van der Waals surface area contributed by atoms with Crippen LogP contribution < -0.4 is 15.5 Å². The lowest BCUT2D eigenvalue weighted by Gasteiger charge is -2.18. The van der Waals surface area contributed by atoms with Gasteiger partial charge >= 0.3 is 0 Å². The fourth-order valence-corrected chi connectivity index (χ4v) is 3.91. The molecule has 0 aromatic heterocycles. The van der Waals surface area contributed by atoms with Crippen LogP contribution in [0, 0.1) is 26.7 Å². The van der Waals surface area contributed by atoms with E-state index in [0.29, 0.717) is 16.9 Å². The van der Waals surface area contributed by atoms with Crippen LogP contribution in [0.3, 0.4) is 0 Å². The third kappa shape index (κ3) is 4.95. The van der Waals surface area contributed by atoms with Crippen LogP contribution in [-0.2, 0) is 9.59 Å². The van der Waals surface area contributed by atoms with Gasteiger partial charge in [-0.3, -0.25) is 14.4 Å². The summed E-state index contributed by atoms with van der Waals surface area (Å²) in [4.78, 5) is 39.8. The molecule has 3 aromatic carbocycles. The van der Waals surface area contributed by atoms with Crippen LogP contribution >= 0.6 is 0 Å². The number of aryl methyl sites for hydroxylation is 2. The molecular formula is C27H27N3O3. The molecule has 1 atom stereocenters. The number of carbonyl (C=O) groups is 3. The molecule has 33 heavy (non-hydrogen) atoms. The van der Waals surface area contributed by atoms with Crippen LogP contribution in [0.4, 0.5) is 17.1 Å². The Hall–Kier alpha value is -3.93. The molecule has 168 valence electrons. The Kier molecular flexibility index (Phi) is 6.27. The number of amides is 3. The monoisotopic (exact) mass is 441 g/mol. The standard InChI is InChI=1S/C27H27N3O3/c1-17-10-12-22(13-11-17)28-26(32)20-7-5-8-23(14-20)30-16-21(15-25(30)31)27(33)29-24-9-4-6-18(2)19(24)3/h4-14,21H,15-16H2,1-3H3,(H,28,32)(H,29,33)/t21-/m1/s1. The third-order valence-corrected chi connectivity index (χ3v) is 6.09. The Labute approximate surface area is 193 Å². The molecule has 2 N–H and O–H groups in total. The molecule has 0 aliphatic carbocycles. The molecule has 1 fully saturated rings. The SMILES string of the molecule is Cc1ccc(NC(=O)c2cccc(N3C[C@H](C(=O)Nc4cccc(C)c4C)CC3=O)c2)cc1. The lowest BCUT2D eigenvalue weighted by Crippen LogP contribution is -2.28. The lowest BCUT2D eigenvalue weighted by atomic mass is 10.1. The fourth-order valence-electron chi connectivity index (χ4n) is 3.91. The second-order valence-electron chi connectivity index (χ2n) is 8.51. The summed E-state index contributed by atoms with van der Waals surface area (Å²) < 4.78 is 0. The van der Waals surface area contributed by atoms with Crippen molar-refractivity contribution < 1.29 is 14.4 Å². The largest absolute Gasteiger partial charge is 0.326 e. The van der Waals surface area contributed by atoms with Crippen LogP contribution in [0.25, 0.3) is 0 Å². The second-order valence-corrected chi connectivity index (χ2v) is 8.51. The molecule has 4 rings (SSSR count). The highest BCUT2D eigenvalue weighted by Crippen LogP contribution is 2.28. The number of carbonyl (C=O) groups excluding carboxylic acids is 3. The van der Waals surface area contributed by atoms with Crippen molar-refractivity contribution in [3.05, 3.63) is 89.0 Å². The summed E-state index contributed by atoms with van der Waals surface area (Å²) in [6.07, 6.45) is 0.135. The quantitative estimate of drug-likeness (QED) is 0.594. The van der Waals surface area contributed by atoms with Gasteiger partial charge in [-0.15, -0.1) is 0 Å². The first-order valence-electron chi connectivity index (χ1n) is 11.0. The number of hydrogen-bond acceptors (Lipinski definition) is 3. The van der Waals surface area contributed by atoms with Gasteiger partial charge in [0.25, 0.3) is 5.91 Å². The van der Waals surface area contributed by atoms with Crippen LogP contribution in [0.1, 0.15) is 33.5 Å². The van der Waals surface area contributed by atoms with Gasteiger partial charge in [-0.25, -0.2) is 0 Å². The minimum atomic E-state index is -0.456. The van der Waals surface area contributed by atoms with Gasteiger partial charge in [-0.2, -0.15) is 0 Å². The summed E-state index contributed by atoms with van der Waals surface area (Å²) in [7, 11) is 0. The Balaban J connectivity index is 1.45. The number of rotatable bonds is 5. The fraction of sp³-hybridized carbons (Fsp3) is 0.222. The molecule has 1 saturated heterocycles. The van der Waals surface area contributed by atoms with E-state index < -0.39 is 5.92 Å². The average Bonchev–Trinajstić information content (AvgIpc) is 3.20. The predicted molar refractivity (Wildman–Crippen MR) is 131 cm³/mol. The van der Waals surface area contributed by atoms with Crippen molar-refractivity contribution in [1.29, 1.82) is 0 Å². The van der Waals surface area contributed by atoms with Gasteiger partial charge in [-0.1, -0.05) is 35.9 Å². The smallest absolute Gasteiger partial charge is 0.255 e. The van der Waals surface area contributed by atoms with Crippen molar-refractivity contribution in [2.75, 3.05) is 22.1 Å². The molecule has 1 aliphatic rings. The third-order valence-electron chi connectivity index (χ3n) is 6.09. The van der Waals surface area contributed by atoms with Crippen LogP contribution in [0.2, 0.25) is 0 Å². The summed E-state index contributed by atoms with van der Waals surface area (Å²) in [5.74, 6) is -1.01. The van der Waals surface area contributed by atoms with E-state index in [2.05, 4.69) is 10.6 Å². The molecule has 0 unspecified atom stereocenters. The number of nitrogens with zero attached hydrogens (tertiary/aromatic N) is 1. The van der Waals surface area contributed by atoms with Crippen LogP contribution in [0.15, 0.2) is 66.7 Å². The molecule has 1 heterocycles. The number of benzene rings is 3. The van der Waals surface area contributed by atoms with Gasteiger partial charge < -0.3 is 15.5 Å². The maximum absolute atomic E-state index is 12.8. The normalized spacial score (nSPS) is 15.4. The van der Waals surface area contributed by atoms with Gasteiger partial charge in [0.1, 0.15) is 0 Å². The lowest BCUT2D eigenvalue weighted by molar-refractivity contribution is -0.122. The molecule has 0 saturated carbocycles. The Morgan fingerprint density at radius 1 is 0.909 bits per heavy atom. The average molecular weight is 442 g/mol. The Bertz CT molecular complexity index is 1220. The van der Waals surface area contributed by atoms with Gasteiger partial charge in [0.05, 0.1) is 5.92 Å². The summed E-state index contributed by atoms with van der Waals surface area (Å²) in [6, 6.07) is 20.2. The van der Waals surface area contributed by atoms with E-state index in [-0.39, 0.29) is 30.7 Å². The maximum atomic E-state index is 12.8. The van der Waals surface area contributed by atoms with E-state index >= 15 is 0 Å². The summed E-state index contributed by atoms with van der Waals surface area (Å²) in [5.41, 5.74) is 5.75. The van der Waals surface area contributed by atoms with Crippen molar-refractivity contribution in [3.63, 3.8) is 0 Å². The van der Waals surface area contributed by atoms with Crippen LogP contribution in [0.5, 0.6) is 0 Å². The van der Waals surface area contributed by atoms with E-state index in [4.69, 9.17) is 0 Å². The Morgan fingerprint density at radius 3 is 2.39 bits per heavy atom. The first-order valence-corrected chi connectivity index (χ1v) is 11.0. The van der Waals surface area contributed by atoms with E-state index in [0.717, 1.165) is 22.4 Å². The van der Waals surface area contributed by atoms with Gasteiger partial charge in [0.2, 0.25) is 11.8 Å². The zero-order valence-corrected chi connectivity index (χ0v) is 19.0. The summed E-state index contributed by atoms with van der Waals surface area (Å²) in [5, 5.41) is 5.84. The second kappa shape index (κ2) is 9.28. The molecule has 1 aliphatic heterocycles. The molecule has 3 aromatic rings. The summed E-state index contributed by atoms with van der Waals surface area (Å²) >= 11 is 0. The number of hydrogen-bond donors (Lipinski definition) is 2. The zero-order chi connectivity index (χ0) is 23.5. The van der Waals surface area contributed by atoms with Crippen molar-refractivity contribution >= 4 is 34.8 Å². The number of nitrogens with one attached hydrogen (secondary N) is 2. The zero-order valence-electron chi connectivity index (χ0n) is 19.0. The Morgan fingerprint density at radius 2 is 1.64 bits per heavy atom. The van der Waals surface area contributed by atoms with Gasteiger partial charge in [-0.05, 0) is 68.3 Å². The number of anilines is 3. The van der Waals surface area contributed by atoms with Crippen molar-refractivity contribution in [3.8, 4) is 0 Å². The first-order chi connectivity index (χ1) is 15.8. The van der Waals surface area contributed by atoms with Crippen molar-refractivity contribution in [2.45, 2.75) is 27.2 Å². The molecule has 0 radical (unpaired) electrons. The van der Waals surface area contributed by atoms with E-state index in [1.165, 1.54) is 0 Å². The highest BCUT2D eigenvalue weighted by Gasteiger charge is 2.35. The topological polar surface area (TPSA) is 78.5 Å². The predicted octanol–water partition coefficient (Wildman–Crippen LogP) is 4.86. The van der Waals surface area contributed by atoms with Gasteiger partial charge in [0.15, 0.2) is 0 Å². The molecule has 0 spiro atoms. The highest BCUT2D eigenvalue weighted by atomic mass is 16.2. The maximum Gasteiger partial charge on any atom is 0.255 e. The van der Waals surface area contributed by atoms with Crippen molar-refractivity contribution in [1.82, 2.24) is 0 Å². The first kappa shape index (κ1) is 22.3. The molecular weight excluding hydrogens is 414 g/mol. The minimum absolute atomic E-state index is 0.132. The molecule has 6 heteroatoms. The molecule has 3 amide bonds. The van der Waals surface area contributed by atoms with E-state index in [1.807, 2.05) is 63.2 Å². The highest BCUT2D eigenvalue weighted by molar-refractivity contribution is 6.07. The molecule has 0 bridgehead atoms. The van der Waals surface area contributed by atoms with Crippen LogP contribution in [-0.4, -0.2) is 24.3 Å². The van der Waals surface area contributed by atoms with E-state index in [9.17, 15) is 14.4 Å². The summed E-state index contributed by atoms with van der Waals surface area (Å²) in [6.45, 7) is 6.22. The molecule has 6 nitrogen and oxygen atoms in total. The van der Waals surface area contributed by atoms with Gasteiger partial charge in [0, 0.05) is 35.6 Å². The van der Waals surface area contributed by atoms with Crippen molar-refractivity contribution in [2.24, 2.45) is 5.92 Å². The minimum Gasteiger partial charge on any atom is -0.326 e. The van der Waals surface area contributed by atoms with E-state index in [1.54, 1.807) is 29.2 Å².